The minimum atomic E-state index is 0.402. The molecule has 28 heavy (non-hydrogen) atoms. The van der Waals surface area contributed by atoms with Crippen LogP contribution in [0.25, 0.3) is 11.3 Å². The lowest BCUT2D eigenvalue weighted by Crippen LogP contribution is -2.36. The van der Waals surface area contributed by atoms with Gasteiger partial charge in [-0.3, -0.25) is 9.58 Å². The summed E-state index contributed by atoms with van der Waals surface area (Å²) in [7, 11) is 0. The zero-order chi connectivity index (χ0) is 19.3. The summed E-state index contributed by atoms with van der Waals surface area (Å²) >= 11 is 6.30. The van der Waals surface area contributed by atoms with Crippen LogP contribution in [0.3, 0.4) is 0 Å². The molecule has 0 saturated carbocycles. The summed E-state index contributed by atoms with van der Waals surface area (Å²) < 4.78 is 1.71. The van der Waals surface area contributed by atoms with Gasteiger partial charge < -0.3 is 5.32 Å². The molecule has 1 aliphatic heterocycles. The second-order valence-corrected chi connectivity index (χ2v) is 7.15. The molecule has 0 radical (unpaired) electrons. The maximum Gasteiger partial charge on any atom is 0.227 e. The predicted octanol–water partition coefficient (Wildman–Crippen LogP) is 3.86. The summed E-state index contributed by atoms with van der Waals surface area (Å²) in [5.74, 6) is 0.477. The zero-order valence-corrected chi connectivity index (χ0v) is 16.1. The first-order chi connectivity index (χ1) is 13.7. The van der Waals surface area contributed by atoms with Crippen molar-refractivity contribution in [2.75, 3.05) is 18.4 Å². The van der Waals surface area contributed by atoms with Gasteiger partial charge >= 0.3 is 0 Å². The molecule has 1 fully saturated rings. The van der Waals surface area contributed by atoms with Crippen LogP contribution in [0.1, 0.15) is 18.4 Å². The maximum atomic E-state index is 8.71. The van der Waals surface area contributed by atoms with E-state index in [1.54, 1.807) is 17.1 Å². The largest absolute Gasteiger partial charge is 0.324 e. The van der Waals surface area contributed by atoms with Gasteiger partial charge in [0.2, 0.25) is 5.95 Å². The van der Waals surface area contributed by atoms with E-state index in [4.69, 9.17) is 16.9 Å². The molecule has 0 spiro atoms. The first kappa shape index (κ1) is 18.4. The van der Waals surface area contributed by atoms with Crippen molar-refractivity contribution in [2.45, 2.75) is 25.9 Å². The third kappa shape index (κ3) is 4.30. The molecule has 0 unspecified atom stereocenters. The lowest BCUT2D eigenvalue weighted by molar-refractivity contribution is 0.172. The van der Waals surface area contributed by atoms with E-state index < -0.39 is 0 Å². The number of hydrogen-bond donors (Lipinski definition) is 1. The minimum absolute atomic E-state index is 0.402. The summed E-state index contributed by atoms with van der Waals surface area (Å²) in [6.07, 6.45) is 6.81. The van der Waals surface area contributed by atoms with Crippen molar-refractivity contribution in [3.8, 4) is 17.3 Å². The van der Waals surface area contributed by atoms with Crippen LogP contribution in [0.15, 0.2) is 42.9 Å². The number of nitrogens with one attached hydrogen (secondary N) is 1. The summed E-state index contributed by atoms with van der Waals surface area (Å²) in [5.41, 5.74) is 3.60. The Kier molecular flexibility index (Phi) is 5.51. The molecule has 3 aromatic rings. The van der Waals surface area contributed by atoms with Crippen LogP contribution < -0.4 is 5.32 Å². The van der Waals surface area contributed by atoms with Crippen LogP contribution in [0, 0.1) is 11.3 Å². The SMILES string of the molecule is N#CCCn1cc(-c2nc(Nc3cccc(CN4CCC4)c3)ncc2Cl)cn1. The van der Waals surface area contributed by atoms with Crippen molar-refractivity contribution in [1.82, 2.24) is 24.6 Å². The Bertz CT molecular complexity index is 1000. The van der Waals surface area contributed by atoms with Crippen molar-refractivity contribution in [3.05, 3.63) is 53.4 Å². The Morgan fingerprint density at radius 2 is 2.14 bits per heavy atom. The van der Waals surface area contributed by atoms with Gasteiger partial charge in [-0.1, -0.05) is 23.7 Å². The predicted molar refractivity (Wildman–Crippen MR) is 108 cm³/mol. The molecule has 1 saturated heterocycles. The van der Waals surface area contributed by atoms with Gasteiger partial charge in [0.25, 0.3) is 0 Å². The molecule has 1 N–H and O–H groups in total. The summed E-state index contributed by atoms with van der Waals surface area (Å²) in [4.78, 5) is 11.3. The molecule has 2 aromatic heterocycles. The van der Waals surface area contributed by atoms with E-state index in [0.29, 0.717) is 29.6 Å². The van der Waals surface area contributed by atoms with Gasteiger partial charge in [-0.25, -0.2) is 9.97 Å². The van der Waals surface area contributed by atoms with Crippen molar-refractivity contribution in [1.29, 1.82) is 5.26 Å². The van der Waals surface area contributed by atoms with Crippen LogP contribution in [-0.4, -0.2) is 37.7 Å². The standard InChI is InChI=1S/C20H20ClN7/c21-18-12-23-20(26-19(18)16-11-24-28(14-16)9-2-6-22)25-17-5-1-4-15(10-17)13-27-7-3-8-27/h1,4-5,10-12,14H,2-3,7-9,13H2,(H,23,25,26). The Morgan fingerprint density at radius 3 is 2.93 bits per heavy atom. The van der Waals surface area contributed by atoms with Crippen LogP contribution >= 0.6 is 11.6 Å². The smallest absolute Gasteiger partial charge is 0.227 e. The van der Waals surface area contributed by atoms with E-state index >= 15 is 0 Å². The van der Waals surface area contributed by atoms with E-state index in [1.165, 1.54) is 25.1 Å². The number of rotatable bonds is 7. The molecular weight excluding hydrogens is 374 g/mol. The molecule has 8 heteroatoms. The highest BCUT2D eigenvalue weighted by atomic mass is 35.5. The van der Waals surface area contributed by atoms with Crippen molar-refractivity contribution >= 4 is 23.2 Å². The number of anilines is 2. The molecule has 0 atom stereocenters. The maximum absolute atomic E-state index is 8.71. The number of likely N-dealkylation sites (tertiary alicyclic amines) is 1. The molecule has 4 rings (SSSR count). The van der Waals surface area contributed by atoms with Gasteiger partial charge in [0.15, 0.2) is 0 Å². The van der Waals surface area contributed by atoms with E-state index in [2.05, 4.69) is 43.5 Å². The Morgan fingerprint density at radius 1 is 1.25 bits per heavy atom. The van der Waals surface area contributed by atoms with E-state index in [-0.39, 0.29) is 0 Å². The number of nitriles is 1. The van der Waals surface area contributed by atoms with E-state index in [0.717, 1.165) is 17.8 Å². The Balaban J connectivity index is 1.51. The van der Waals surface area contributed by atoms with Gasteiger partial charge in [0, 0.05) is 24.0 Å². The normalized spacial score (nSPS) is 13.7. The fourth-order valence-corrected chi connectivity index (χ4v) is 3.28. The topological polar surface area (TPSA) is 82.7 Å². The summed E-state index contributed by atoms with van der Waals surface area (Å²) in [6.45, 7) is 3.84. The molecule has 1 aliphatic rings. The number of nitrogens with zero attached hydrogens (tertiary/aromatic N) is 6. The molecule has 0 bridgehead atoms. The number of aryl methyl sites for hydroxylation is 1. The second kappa shape index (κ2) is 8.38. The highest BCUT2D eigenvalue weighted by Gasteiger charge is 2.14. The van der Waals surface area contributed by atoms with Crippen molar-refractivity contribution in [3.63, 3.8) is 0 Å². The van der Waals surface area contributed by atoms with Gasteiger partial charge in [-0.05, 0) is 37.2 Å². The van der Waals surface area contributed by atoms with Gasteiger partial charge in [0.05, 0.1) is 42.1 Å². The minimum Gasteiger partial charge on any atom is -0.324 e. The van der Waals surface area contributed by atoms with Crippen LogP contribution in [-0.2, 0) is 13.1 Å². The number of benzene rings is 1. The number of aromatic nitrogens is 4. The third-order valence-electron chi connectivity index (χ3n) is 4.64. The summed E-state index contributed by atoms with van der Waals surface area (Å²) in [5, 5.41) is 16.7. The Labute approximate surface area is 168 Å². The second-order valence-electron chi connectivity index (χ2n) is 6.75. The third-order valence-corrected chi connectivity index (χ3v) is 4.92. The molecule has 3 heterocycles. The lowest BCUT2D eigenvalue weighted by atomic mass is 10.1. The molecule has 7 nitrogen and oxygen atoms in total. The van der Waals surface area contributed by atoms with Crippen LogP contribution in [0.2, 0.25) is 5.02 Å². The highest BCUT2D eigenvalue weighted by Crippen LogP contribution is 2.27. The fourth-order valence-electron chi connectivity index (χ4n) is 3.08. The fraction of sp³-hybridized carbons (Fsp3) is 0.300. The number of hydrogen-bond acceptors (Lipinski definition) is 6. The first-order valence-corrected chi connectivity index (χ1v) is 9.60. The first-order valence-electron chi connectivity index (χ1n) is 9.22. The number of halogens is 1. The van der Waals surface area contributed by atoms with Crippen LogP contribution in [0.5, 0.6) is 0 Å². The average Bonchev–Trinajstić information content (AvgIpc) is 3.14. The van der Waals surface area contributed by atoms with Crippen LogP contribution in [0.4, 0.5) is 11.6 Å². The zero-order valence-electron chi connectivity index (χ0n) is 15.3. The average molecular weight is 394 g/mol. The quantitative estimate of drug-likeness (QED) is 0.656. The molecule has 142 valence electrons. The van der Waals surface area contributed by atoms with Gasteiger partial charge in [0.1, 0.15) is 0 Å². The van der Waals surface area contributed by atoms with Crippen molar-refractivity contribution in [2.24, 2.45) is 0 Å². The molecule has 0 amide bonds. The molecule has 1 aromatic carbocycles. The van der Waals surface area contributed by atoms with Crippen molar-refractivity contribution < 1.29 is 0 Å². The van der Waals surface area contributed by atoms with Gasteiger partial charge in [-0.15, -0.1) is 0 Å². The van der Waals surface area contributed by atoms with E-state index in [1.807, 2.05) is 18.3 Å². The highest BCUT2D eigenvalue weighted by molar-refractivity contribution is 6.32. The molecular formula is C20H20ClN7. The monoisotopic (exact) mass is 393 g/mol. The lowest BCUT2D eigenvalue weighted by Gasteiger charge is -2.30. The summed E-state index contributed by atoms with van der Waals surface area (Å²) in [6, 6.07) is 10.4. The molecule has 0 aliphatic carbocycles. The Hall–Kier alpha value is -2.95. The van der Waals surface area contributed by atoms with Gasteiger partial charge in [-0.2, -0.15) is 10.4 Å². The van der Waals surface area contributed by atoms with E-state index in [9.17, 15) is 0 Å².